The lowest BCUT2D eigenvalue weighted by atomic mass is 9.79. The average molecular weight is 444 g/mol. The molecule has 29 heavy (non-hydrogen) atoms. The van der Waals surface area contributed by atoms with Crippen LogP contribution in [0.5, 0.6) is 5.75 Å². The van der Waals surface area contributed by atoms with Crippen LogP contribution in [0.15, 0.2) is 46.9 Å². The summed E-state index contributed by atoms with van der Waals surface area (Å²) in [6.07, 6.45) is -0.887. The second-order valence-electron chi connectivity index (χ2n) is 6.86. The molecule has 3 aliphatic rings. The number of halogens is 4. The van der Waals surface area contributed by atoms with Crippen LogP contribution < -0.4 is 10.1 Å². The first-order valence-corrected chi connectivity index (χ1v) is 10.2. The zero-order valence-electron chi connectivity index (χ0n) is 15.3. The second-order valence-corrected chi connectivity index (χ2v) is 8.32. The molecular weight excluding hydrogens is 427 g/mol. The smallest absolute Gasteiger partial charge is 0.416 e. The molecule has 1 saturated heterocycles. The van der Waals surface area contributed by atoms with Crippen molar-refractivity contribution in [1.82, 2.24) is 5.32 Å². The number of alkyl halides is 3. The van der Waals surface area contributed by atoms with Gasteiger partial charge in [0.05, 0.1) is 36.3 Å². The fourth-order valence-electron chi connectivity index (χ4n) is 3.44. The number of nitrogens with one attached hydrogen (secondary N) is 1. The molecule has 0 bridgehead atoms. The summed E-state index contributed by atoms with van der Waals surface area (Å²) in [5, 5.41) is 3.21. The van der Waals surface area contributed by atoms with Crippen LogP contribution in [0.4, 0.5) is 13.2 Å². The standard InChI is InChI=1S/C20H17ClF3NO3S/c1-27-16-5-3-11(21)7-14(16)17-13-6-10(20(22,23)24)2-4-15(13)25-19(26)18(17)29-9-12-8-28-12/h2-7,12-13,15H,8-9H2,1H3,(H,25,26). The number of amides is 1. The van der Waals surface area contributed by atoms with Gasteiger partial charge in [-0.3, -0.25) is 4.79 Å². The molecule has 3 atom stereocenters. The van der Waals surface area contributed by atoms with Gasteiger partial charge in [0, 0.05) is 22.3 Å². The molecule has 1 amide bonds. The number of benzene rings is 1. The van der Waals surface area contributed by atoms with Crippen molar-refractivity contribution >= 4 is 34.8 Å². The highest BCUT2D eigenvalue weighted by Gasteiger charge is 2.42. The number of allylic oxidation sites excluding steroid dienone is 2. The monoisotopic (exact) mass is 443 g/mol. The predicted molar refractivity (Wildman–Crippen MR) is 106 cm³/mol. The molecule has 4 rings (SSSR count). The maximum Gasteiger partial charge on any atom is 0.416 e. The van der Waals surface area contributed by atoms with E-state index in [1.165, 1.54) is 24.9 Å². The third kappa shape index (κ3) is 4.20. The molecule has 3 unspecified atom stereocenters. The van der Waals surface area contributed by atoms with Crippen LogP contribution in [0.1, 0.15) is 5.56 Å². The molecule has 154 valence electrons. The van der Waals surface area contributed by atoms with Crippen LogP contribution in [0.3, 0.4) is 0 Å². The SMILES string of the molecule is COc1ccc(Cl)cc1C1=C(SCC2CO2)C(=O)NC2C=CC(C(F)(F)F)=CC12. The first-order chi connectivity index (χ1) is 13.8. The van der Waals surface area contributed by atoms with Crippen molar-refractivity contribution in [1.29, 1.82) is 0 Å². The summed E-state index contributed by atoms with van der Waals surface area (Å²) in [5.41, 5.74) is 0.246. The minimum atomic E-state index is -4.48. The van der Waals surface area contributed by atoms with Gasteiger partial charge in [-0.2, -0.15) is 13.2 Å². The summed E-state index contributed by atoms with van der Waals surface area (Å²) >= 11 is 7.45. The highest BCUT2D eigenvalue weighted by Crippen LogP contribution is 2.46. The second kappa shape index (κ2) is 7.74. The van der Waals surface area contributed by atoms with E-state index >= 15 is 0 Å². The van der Waals surface area contributed by atoms with Crippen molar-refractivity contribution in [3.05, 3.63) is 57.5 Å². The molecule has 1 aromatic rings. The Morgan fingerprint density at radius 3 is 2.79 bits per heavy atom. The van der Waals surface area contributed by atoms with Crippen LogP contribution in [0.25, 0.3) is 5.57 Å². The molecule has 0 aromatic heterocycles. The first kappa shape index (κ1) is 20.4. The topological polar surface area (TPSA) is 50.9 Å². The van der Waals surface area contributed by atoms with Gasteiger partial charge in [0.2, 0.25) is 0 Å². The highest BCUT2D eigenvalue weighted by molar-refractivity contribution is 8.04. The van der Waals surface area contributed by atoms with E-state index in [1.54, 1.807) is 18.2 Å². The number of ether oxygens (including phenoxy) is 2. The molecule has 1 fully saturated rings. The maximum absolute atomic E-state index is 13.4. The molecule has 1 N–H and O–H groups in total. The van der Waals surface area contributed by atoms with E-state index in [0.717, 1.165) is 12.2 Å². The quantitative estimate of drug-likeness (QED) is 0.687. The van der Waals surface area contributed by atoms with E-state index in [1.807, 2.05) is 0 Å². The zero-order chi connectivity index (χ0) is 20.8. The summed E-state index contributed by atoms with van der Waals surface area (Å²) < 4.78 is 50.8. The third-order valence-electron chi connectivity index (χ3n) is 4.91. The minimum absolute atomic E-state index is 0.0491. The average Bonchev–Trinajstić information content (AvgIpc) is 3.49. The molecule has 2 aliphatic heterocycles. The number of fused-ring (bicyclic) bond motifs is 1. The van der Waals surface area contributed by atoms with Crippen LogP contribution in [0, 0.1) is 5.92 Å². The minimum Gasteiger partial charge on any atom is -0.496 e. The number of rotatable bonds is 5. The molecule has 1 aliphatic carbocycles. The largest absolute Gasteiger partial charge is 0.496 e. The molecule has 2 heterocycles. The van der Waals surface area contributed by atoms with E-state index in [4.69, 9.17) is 21.1 Å². The summed E-state index contributed by atoms with van der Waals surface area (Å²) in [4.78, 5) is 13.2. The number of thioether (sulfide) groups is 1. The van der Waals surface area contributed by atoms with Crippen LogP contribution in [-0.2, 0) is 9.53 Å². The van der Waals surface area contributed by atoms with Crippen LogP contribution in [0.2, 0.25) is 5.02 Å². The van der Waals surface area contributed by atoms with Gasteiger partial charge in [0.1, 0.15) is 5.75 Å². The Bertz CT molecular complexity index is 937. The van der Waals surface area contributed by atoms with E-state index in [0.29, 0.717) is 39.2 Å². The van der Waals surface area contributed by atoms with Gasteiger partial charge in [-0.25, -0.2) is 0 Å². The maximum atomic E-state index is 13.4. The van der Waals surface area contributed by atoms with Gasteiger partial charge in [-0.15, -0.1) is 11.8 Å². The van der Waals surface area contributed by atoms with Gasteiger partial charge < -0.3 is 14.8 Å². The molecule has 0 saturated carbocycles. The Kier molecular flexibility index (Phi) is 5.44. The lowest BCUT2D eigenvalue weighted by Crippen LogP contribution is -2.45. The highest BCUT2D eigenvalue weighted by atomic mass is 35.5. The normalized spacial score (nSPS) is 26.0. The molecule has 0 spiro atoms. The van der Waals surface area contributed by atoms with E-state index in [2.05, 4.69) is 5.32 Å². The van der Waals surface area contributed by atoms with Crippen molar-refractivity contribution in [2.45, 2.75) is 18.3 Å². The molecule has 0 radical (unpaired) electrons. The van der Waals surface area contributed by atoms with E-state index < -0.39 is 23.7 Å². The number of carbonyl (C=O) groups excluding carboxylic acids is 1. The molecule has 4 nitrogen and oxygen atoms in total. The Hall–Kier alpha value is -1.90. The summed E-state index contributed by atoms with van der Waals surface area (Å²) in [6, 6.07) is 4.31. The van der Waals surface area contributed by atoms with Gasteiger partial charge in [-0.05, 0) is 23.8 Å². The zero-order valence-corrected chi connectivity index (χ0v) is 16.8. The Morgan fingerprint density at radius 1 is 1.38 bits per heavy atom. The number of epoxide rings is 1. The Labute approximate surface area is 174 Å². The van der Waals surface area contributed by atoms with Crippen molar-refractivity contribution in [3.63, 3.8) is 0 Å². The van der Waals surface area contributed by atoms with Gasteiger partial charge in [0.25, 0.3) is 5.91 Å². The number of carbonyl (C=O) groups is 1. The number of methoxy groups -OCH3 is 1. The Morgan fingerprint density at radius 2 is 2.14 bits per heavy atom. The lowest BCUT2D eigenvalue weighted by molar-refractivity contribution is -0.117. The van der Waals surface area contributed by atoms with Crippen molar-refractivity contribution in [2.24, 2.45) is 5.92 Å². The van der Waals surface area contributed by atoms with Crippen LogP contribution in [-0.4, -0.2) is 43.7 Å². The number of hydrogen-bond donors (Lipinski definition) is 1. The predicted octanol–water partition coefficient (Wildman–Crippen LogP) is 4.36. The van der Waals surface area contributed by atoms with Gasteiger partial charge >= 0.3 is 6.18 Å². The Balaban J connectivity index is 1.88. The third-order valence-corrected chi connectivity index (χ3v) is 6.37. The first-order valence-electron chi connectivity index (χ1n) is 8.88. The van der Waals surface area contributed by atoms with Crippen molar-refractivity contribution < 1.29 is 27.4 Å². The number of hydrogen-bond acceptors (Lipinski definition) is 4. The molecule has 9 heteroatoms. The van der Waals surface area contributed by atoms with E-state index in [9.17, 15) is 18.0 Å². The van der Waals surface area contributed by atoms with E-state index in [-0.39, 0.29) is 12.0 Å². The van der Waals surface area contributed by atoms with Gasteiger partial charge in [-0.1, -0.05) is 29.8 Å². The fourth-order valence-corrected chi connectivity index (χ4v) is 4.75. The summed E-state index contributed by atoms with van der Waals surface area (Å²) in [5.74, 6) is -0.0556. The van der Waals surface area contributed by atoms with Crippen molar-refractivity contribution in [2.75, 3.05) is 19.5 Å². The lowest BCUT2D eigenvalue weighted by Gasteiger charge is -2.35. The summed E-state index contributed by atoms with van der Waals surface area (Å²) in [6.45, 7) is 0.616. The molecule has 1 aromatic carbocycles. The molecular formula is C20H17ClF3NO3S. The summed E-state index contributed by atoms with van der Waals surface area (Å²) in [7, 11) is 1.47. The van der Waals surface area contributed by atoms with Crippen molar-refractivity contribution in [3.8, 4) is 5.75 Å². The van der Waals surface area contributed by atoms with Gasteiger partial charge in [0.15, 0.2) is 0 Å². The van der Waals surface area contributed by atoms with Crippen LogP contribution >= 0.6 is 23.4 Å². The fraction of sp³-hybridized carbons (Fsp3) is 0.350.